The number of benzene rings is 3. The van der Waals surface area contributed by atoms with Crippen LogP contribution in [0.15, 0.2) is 72.3 Å². The Hall–Kier alpha value is -4.06. The van der Waals surface area contributed by atoms with E-state index in [1.54, 1.807) is 31.4 Å². The maximum Gasteiger partial charge on any atom is 0.300 e. The third-order valence-corrected chi connectivity index (χ3v) is 6.84. The van der Waals surface area contributed by atoms with Gasteiger partial charge in [0.05, 0.1) is 25.3 Å². The van der Waals surface area contributed by atoms with E-state index in [2.05, 4.69) is 27.7 Å². The van der Waals surface area contributed by atoms with E-state index in [1.807, 2.05) is 49.4 Å². The van der Waals surface area contributed by atoms with Crippen LogP contribution < -0.4 is 14.4 Å². The van der Waals surface area contributed by atoms with Crippen LogP contribution in [0.2, 0.25) is 0 Å². The SMILES string of the molecule is CCOc1ccc(/C(O)=C2/C(=O)C(=O)N(c3ccc(CC)cc3)C2c2cccc(OC)c2)cc1C(C)(C)C. The first-order valence-corrected chi connectivity index (χ1v) is 12.9. The van der Waals surface area contributed by atoms with Gasteiger partial charge in [0.25, 0.3) is 11.7 Å². The molecule has 1 N–H and O–H groups in total. The molecule has 3 aromatic rings. The second-order valence-electron chi connectivity index (χ2n) is 10.4. The Morgan fingerprint density at radius 3 is 2.29 bits per heavy atom. The van der Waals surface area contributed by atoms with Crippen molar-refractivity contribution in [3.05, 3.63) is 94.6 Å². The minimum Gasteiger partial charge on any atom is -0.507 e. The number of anilines is 1. The third-order valence-electron chi connectivity index (χ3n) is 6.84. The number of Topliss-reactive ketones (excluding diaryl/α,β-unsaturated/α-hetero) is 1. The highest BCUT2D eigenvalue weighted by Crippen LogP contribution is 2.43. The maximum absolute atomic E-state index is 13.6. The van der Waals surface area contributed by atoms with E-state index in [0.29, 0.717) is 29.2 Å². The van der Waals surface area contributed by atoms with Gasteiger partial charge in [-0.1, -0.05) is 52.0 Å². The van der Waals surface area contributed by atoms with Crippen molar-refractivity contribution < 1.29 is 24.2 Å². The van der Waals surface area contributed by atoms with E-state index < -0.39 is 17.7 Å². The standard InChI is InChI=1S/C32H35NO5/c1-7-20-12-15-23(16-13-20)33-28(21-10-9-11-24(18-21)37-6)27(30(35)31(33)36)29(34)22-14-17-26(38-8-2)25(19-22)32(3,4)5/h9-19,28,34H,7-8H2,1-6H3/b29-27-. The number of aliphatic hydroxyl groups is 1. The Morgan fingerprint density at radius 1 is 0.974 bits per heavy atom. The summed E-state index contributed by atoms with van der Waals surface area (Å²) in [6.07, 6.45) is 0.853. The van der Waals surface area contributed by atoms with Crippen molar-refractivity contribution in [2.75, 3.05) is 18.6 Å². The van der Waals surface area contributed by atoms with Crippen LogP contribution in [-0.2, 0) is 21.4 Å². The van der Waals surface area contributed by atoms with Crippen LogP contribution in [0.1, 0.15) is 62.9 Å². The van der Waals surface area contributed by atoms with E-state index in [-0.39, 0.29) is 16.7 Å². The summed E-state index contributed by atoms with van der Waals surface area (Å²) in [6.45, 7) is 10.7. The molecule has 0 aromatic heterocycles. The van der Waals surface area contributed by atoms with Crippen molar-refractivity contribution in [3.63, 3.8) is 0 Å². The Bertz CT molecular complexity index is 1380. The van der Waals surface area contributed by atoms with Gasteiger partial charge in [0.1, 0.15) is 17.3 Å². The van der Waals surface area contributed by atoms with Gasteiger partial charge in [-0.3, -0.25) is 14.5 Å². The quantitative estimate of drug-likeness (QED) is 0.219. The molecule has 0 saturated carbocycles. The molecular formula is C32H35NO5. The van der Waals surface area contributed by atoms with Crippen LogP contribution in [-0.4, -0.2) is 30.5 Å². The first-order valence-electron chi connectivity index (χ1n) is 12.9. The van der Waals surface area contributed by atoms with Crippen LogP contribution in [0.5, 0.6) is 11.5 Å². The highest BCUT2D eigenvalue weighted by Gasteiger charge is 2.47. The molecule has 1 unspecified atom stereocenters. The van der Waals surface area contributed by atoms with E-state index in [1.165, 1.54) is 4.90 Å². The summed E-state index contributed by atoms with van der Waals surface area (Å²) in [5.41, 5.74) is 3.46. The summed E-state index contributed by atoms with van der Waals surface area (Å²) >= 11 is 0. The van der Waals surface area contributed by atoms with Gasteiger partial charge in [0.15, 0.2) is 0 Å². The van der Waals surface area contributed by atoms with E-state index in [9.17, 15) is 14.7 Å². The van der Waals surface area contributed by atoms with Gasteiger partial charge in [-0.2, -0.15) is 0 Å². The fourth-order valence-electron chi connectivity index (χ4n) is 4.82. The number of ether oxygens (including phenoxy) is 2. The molecular weight excluding hydrogens is 478 g/mol. The molecule has 0 aliphatic carbocycles. The normalized spacial score (nSPS) is 17.1. The summed E-state index contributed by atoms with van der Waals surface area (Å²) < 4.78 is 11.3. The highest BCUT2D eigenvalue weighted by atomic mass is 16.5. The van der Waals surface area contributed by atoms with Crippen molar-refractivity contribution in [2.24, 2.45) is 0 Å². The molecule has 1 aliphatic rings. The largest absolute Gasteiger partial charge is 0.507 e. The lowest BCUT2D eigenvalue weighted by Crippen LogP contribution is -2.29. The average molecular weight is 514 g/mol. The van der Waals surface area contributed by atoms with Crippen molar-refractivity contribution in [1.29, 1.82) is 0 Å². The smallest absolute Gasteiger partial charge is 0.300 e. The number of hydrogen-bond donors (Lipinski definition) is 1. The number of nitrogens with zero attached hydrogens (tertiary/aromatic N) is 1. The molecule has 1 atom stereocenters. The van der Waals surface area contributed by atoms with Gasteiger partial charge in [-0.25, -0.2) is 0 Å². The molecule has 1 amide bonds. The molecule has 0 radical (unpaired) electrons. The second-order valence-corrected chi connectivity index (χ2v) is 10.4. The predicted octanol–water partition coefficient (Wildman–Crippen LogP) is 6.58. The average Bonchev–Trinajstić information content (AvgIpc) is 3.18. The zero-order valence-corrected chi connectivity index (χ0v) is 22.9. The lowest BCUT2D eigenvalue weighted by molar-refractivity contribution is -0.132. The maximum atomic E-state index is 13.6. The highest BCUT2D eigenvalue weighted by molar-refractivity contribution is 6.51. The molecule has 38 heavy (non-hydrogen) atoms. The number of aryl methyl sites for hydroxylation is 1. The summed E-state index contributed by atoms with van der Waals surface area (Å²) in [5.74, 6) is -0.341. The molecule has 1 fully saturated rings. The molecule has 0 spiro atoms. The van der Waals surface area contributed by atoms with E-state index in [0.717, 1.165) is 23.3 Å². The zero-order chi connectivity index (χ0) is 27.6. The minimum atomic E-state index is -0.831. The topological polar surface area (TPSA) is 76.1 Å². The van der Waals surface area contributed by atoms with Gasteiger partial charge < -0.3 is 14.6 Å². The first kappa shape index (κ1) is 27.0. The number of rotatable bonds is 7. The number of amides is 1. The fraction of sp³-hybridized carbons (Fsp3) is 0.312. The molecule has 3 aromatic carbocycles. The lowest BCUT2D eigenvalue weighted by Gasteiger charge is -2.26. The van der Waals surface area contributed by atoms with Crippen molar-refractivity contribution in [3.8, 4) is 11.5 Å². The van der Waals surface area contributed by atoms with E-state index in [4.69, 9.17) is 9.47 Å². The van der Waals surface area contributed by atoms with Crippen LogP contribution >= 0.6 is 0 Å². The van der Waals surface area contributed by atoms with E-state index >= 15 is 0 Å². The number of carbonyl (C=O) groups is 2. The van der Waals surface area contributed by atoms with Gasteiger partial charge in [-0.05, 0) is 72.4 Å². The Morgan fingerprint density at radius 2 is 1.68 bits per heavy atom. The first-order chi connectivity index (χ1) is 18.1. The molecule has 198 valence electrons. The monoisotopic (exact) mass is 513 g/mol. The zero-order valence-electron chi connectivity index (χ0n) is 22.9. The summed E-state index contributed by atoms with van der Waals surface area (Å²) in [4.78, 5) is 28.5. The molecule has 1 heterocycles. The summed E-state index contributed by atoms with van der Waals surface area (Å²) in [5, 5.41) is 11.6. The van der Waals surface area contributed by atoms with Gasteiger partial charge in [0, 0.05) is 16.8 Å². The third kappa shape index (κ3) is 5.03. The second kappa shape index (κ2) is 10.7. The number of aliphatic hydroxyl groups excluding tert-OH is 1. The molecule has 4 rings (SSSR count). The summed E-state index contributed by atoms with van der Waals surface area (Å²) in [6, 6.07) is 19.3. The molecule has 1 aliphatic heterocycles. The Labute approximate surface area is 224 Å². The number of hydrogen-bond acceptors (Lipinski definition) is 5. The number of ketones is 1. The molecule has 0 bridgehead atoms. The number of methoxy groups -OCH3 is 1. The number of carbonyl (C=O) groups excluding carboxylic acids is 2. The molecule has 1 saturated heterocycles. The lowest BCUT2D eigenvalue weighted by atomic mass is 9.84. The van der Waals surface area contributed by atoms with Crippen molar-refractivity contribution >= 4 is 23.1 Å². The van der Waals surface area contributed by atoms with Crippen LogP contribution in [0.4, 0.5) is 5.69 Å². The van der Waals surface area contributed by atoms with Crippen molar-refractivity contribution in [2.45, 2.75) is 52.5 Å². The van der Waals surface area contributed by atoms with Crippen LogP contribution in [0.25, 0.3) is 5.76 Å². The molecule has 6 nitrogen and oxygen atoms in total. The van der Waals surface area contributed by atoms with Crippen molar-refractivity contribution in [1.82, 2.24) is 0 Å². The van der Waals surface area contributed by atoms with Gasteiger partial charge >= 0.3 is 0 Å². The Kier molecular flexibility index (Phi) is 7.63. The van der Waals surface area contributed by atoms with Crippen LogP contribution in [0, 0.1) is 0 Å². The van der Waals surface area contributed by atoms with Crippen LogP contribution in [0.3, 0.4) is 0 Å². The predicted molar refractivity (Wildman–Crippen MR) is 150 cm³/mol. The Balaban J connectivity index is 1.94. The fourth-order valence-corrected chi connectivity index (χ4v) is 4.82. The minimum absolute atomic E-state index is 0.0341. The van der Waals surface area contributed by atoms with Gasteiger partial charge in [0.2, 0.25) is 0 Å². The summed E-state index contributed by atoms with van der Waals surface area (Å²) in [7, 11) is 1.56. The van der Waals surface area contributed by atoms with Gasteiger partial charge in [-0.15, -0.1) is 0 Å². The molecule has 6 heteroatoms.